The van der Waals surface area contributed by atoms with Gasteiger partial charge in [0.25, 0.3) is 0 Å². The van der Waals surface area contributed by atoms with Gasteiger partial charge in [-0.05, 0) is 0 Å². The summed E-state index contributed by atoms with van der Waals surface area (Å²) in [6.45, 7) is 6.85. The molecule has 0 aliphatic heterocycles. The fourth-order valence-corrected chi connectivity index (χ4v) is 0.111. The standard InChI is InChI=1S/C5H7.Mo/c1-3-5-4-2;/h1,3-5H,2H3;/q-1;. The van der Waals surface area contributed by atoms with E-state index >= 15 is 0 Å². The molecule has 0 rings (SSSR count). The van der Waals surface area contributed by atoms with Gasteiger partial charge < -0.3 is 0 Å². The van der Waals surface area contributed by atoms with Crippen molar-refractivity contribution in [2.24, 2.45) is 0 Å². The molecule has 0 heterocycles. The van der Waals surface area contributed by atoms with Crippen LogP contribution in [-0.4, -0.2) is 0 Å². The molecule has 0 aromatic rings. The Morgan fingerprint density at radius 3 is 2.00 bits per heavy atom. The first kappa shape index (κ1) is 9.48. The minimum Gasteiger partial charge on any atom is -0.293 e. The topological polar surface area (TPSA) is 0 Å². The molecule has 0 radical (unpaired) electrons. The molecule has 0 bridgehead atoms. The van der Waals surface area contributed by atoms with E-state index in [2.05, 4.69) is 0 Å². The second-order valence-corrected chi connectivity index (χ2v) is 0.718. The van der Waals surface area contributed by atoms with Crippen molar-refractivity contribution in [3.63, 3.8) is 0 Å². The van der Waals surface area contributed by atoms with Gasteiger partial charge in [0.1, 0.15) is 0 Å². The molecule has 0 aromatic heterocycles. The molecule has 0 aliphatic rings. The Balaban J connectivity index is 0. The summed E-state index contributed by atoms with van der Waals surface area (Å²) in [7, 11) is 0. The molecule has 0 saturated carbocycles. The van der Waals surface area contributed by atoms with E-state index in [1.54, 1.807) is 6.08 Å². The van der Waals surface area contributed by atoms with Crippen LogP contribution in [0.3, 0.4) is 0 Å². The molecule has 0 spiro atoms. The van der Waals surface area contributed by atoms with Crippen molar-refractivity contribution in [1.29, 1.82) is 0 Å². The first-order valence-corrected chi connectivity index (χ1v) is 1.58. The third kappa shape index (κ3) is 8.90. The van der Waals surface area contributed by atoms with Crippen LogP contribution in [0.25, 0.3) is 0 Å². The first-order chi connectivity index (χ1) is 2.41. The third-order valence-electron chi connectivity index (χ3n) is 0.304. The van der Waals surface area contributed by atoms with Crippen molar-refractivity contribution in [1.82, 2.24) is 0 Å². The van der Waals surface area contributed by atoms with E-state index in [-0.39, 0.29) is 21.1 Å². The van der Waals surface area contributed by atoms with Crippen molar-refractivity contribution in [3.8, 4) is 0 Å². The predicted octanol–water partition coefficient (Wildman–Crippen LogP) is 1.55. The zero-order valence-corrected chi connectivity index (χ0v) is 5.72. The van der Waals surface area contributed by atoms with E-state index < -0.39 is 0 Å². The fraction of sp³-hybridized carbons (Fsp3) is 0.200. The molecule has 1 heteroatoms. The van der Waals surface area contributed by atoms with Crippen LogP contribution >= 0.6 is 0 Å². The van der Waals surface area contributed by atoms with Gasteiger partial charge in [0.05, 0.1) is 0 Å². The van der Waals surface area contributed by atoms with Crippen LogP contribution < -0.4 is 0 Å². The van der Waals surface area contributed by atoms with Gasteiger partial charge in [-0.15, -0.1) is 0 Å². The third-order valence-corrected chi connectivity index (χ3v) is 0.304. The summed E-state index contributed by atoms with van der Waals surface area (Å²) in [5, 5.41) is 0. The maximum absolute atomic E-state index is 4.93. The van der Waals surface area contributed by atoms with E-state index in [4.69, 9.17) is 6.58 Å². The van der Waals surface area contributed by atoms with Gasteiger partial charge in [-0.25, -0.2) is 12.2 Å². The molecule has 0 unspecified atom stereocenters. The van der Waals surface area contributed by atoms with Crippen LogP contribution in [0.4, 0.5) is 0 Å². The van der Waals surface area contributed by atoms with Gasteiger partial charge >= 0.3 is 0 Å². The summed E-state index contributed by atoms with van der Waals surface area (Å²) in [5.74, 6) is 0. The largest absolute Gasteiger partial charge is 0.293 e. The number of hydrogen-bond acceptors (Lipinski definition) is 0. The SMILES string of the molecule is [CH-]=CC=CC.[Mo]. The predicted molar refractivity (Wildman–Crippen MR) is 23.7 cm³/mol. The molecule has 0 saturated heterocycles. The van der Waals surface area contributed by atoms with E-state index in [1.165, 1.54) is 6.08 Å². The van der Waals surface area contributed by atoms with Gasteiger partial charge in [0.2, 0.25) is 0 Å². The van der Waals surface area contributed by atoms with Crippen LogP contribution in [0.5, 0.6) is 0 Å². The minimum atomic E-state index is 0. The van der Waals surface area contributed by atoms with E-state index in [1.807, 2.05) is 13.0 Å². The minimum absolute atomic E-state index is 0. The molecule has 0 atom stereocenters. The van der Waals surface area contributed by atoms with Crippen LogP contribution in [0, 0.1) is 6.58 Å². The Morgan fingerprint density at radius 2 is 2.00 bits per heavy atom. The summed E-state index contributed by atoms with van der Waals surface area (Å²) >= 11 is 0. The van der Waals surface area contributed by atoms with Gasteiger partial charge in [0, 0.05) is 21.1 Å². The van der Waals surface area contributed by atoms with E-state index in [0.717, 1.165) is 0 Å². The second-order valence-electron chi connectivity index (χ2n) is 0.718. The second kappa shape index (κ2) is 8.95. The summed E-state index contributed by atoms with van der Waals surface area (Å²) in [4.78, 5) is 0. The van der Waals surface area contributed by atoms with Gasteiger partial charge in [0.15, 0.2) is 0 Å². The van der Waals surface area contributed by atoms with Crippen LogP contribution in [0.2, 0.25) is 0 Å². The van der Waals surface area contributed by atoms with Crippen molar-refractivity contribution in [2.75, 3.05) is 0 Å². The summed E-state index contributed by atoms with van der Waals surface area (Å²) < 4.78 is 0. The van der Waals surface area contributed by atoms with E-state index in [0.29, 0.717) is 0 Å². The van der Waals surface area contributed by atoms with Crippen molar-refractivity contribution < 1.29 is 21.1 Å². The van der Waals surface area contributed by atoms with Crippen LogP contribution in [0.1, 0.15) is 6.92 Å². The summed E-state index contributed by atoms with van der Waals surface area (Å²) in [6.07, 6.45) is 5.15. The Kier molecular flexibility index (Phi) is 14.1. The molecule has 0 amide bonds. The maximum atomic E-state index is 4.93. The Labute approximate surface area is 53.2 Å². The van der Waals surface area contributed by atoms with Crippen molar-refractivity contribution in [2.45, 2.75) is 6.92 Å². The molecule has 0 N–H and O–H groups in total. The summed E-state index contributed by atoms with van der Waals surface area (Å²) in [5.41, 5.74) is 0. The average Bonchev–Trinajstić information content (AvgIpc) is 1.41. The maximum Gasteiger partial charge on any atom is 0 e. The van der Waals surface area contributed by atoms with Gasteiger partial charge in [-0.1, -0.05) is 6.92 Å². The molecular formula is C5H7Mo-. The Bertz CT molecular complexity index is 45.9. The Hall–Kier alpha value is 0.168. The molecule has 0 fully saturated rings. The van der Waals surface area contributed by atoms with Crippen molar-refractivity contribution in [3.05, 3.63) is 24.8 Å². The van der Waals surface area contributed by atoms with Gasteiger partial charge in [-0.2, -0.15) is 6.08 Å². The van der Waals surface area contributed by atoms with Crippen molar-refractivity contribution >= 4 is 0 Å². The molecule has 0 nitrogen and oxygen atoms in total. The van der Waals surface area contributed by atoms with Gasteiger partial charge in [-0.3, -0.25) is 6.58 Å². The monoisotopic (exact) mass is 165 g/mol. The molecule has 6 heavy (non-hydrogen) atoms. The number of hydrogen-bond donors (Lipinski definition) is 0. The molecule has 0 aliphatic carbocycles. The van der Waals surface area contributed by atoms with E-state index in [9.17, 15) is 0 Å². The fourth-order valence-electron chi connectivity index (χ4n) is 0.111. The molecular weight excluding hydrogens is 156 g/mol. The zero-order chi connectivity index (χ0) is 4.12. The molecule has 0 aromatic carbocycles. The van der Waals surface area contributed by atoms with Crippen LogP contribution in [0.15, 0.2) is 18.2 Å². The van der Waals surface area contributed by atoms with Crippen LogP contribution in [-0.2, 0) is 21.1 Å². The number of allylic oxidation sites excluding steroid dienone is 3. The number of rotatable bonds is 1. The Morgan fingerprint density at radius 1 is 1.50 bits per heavy atom. The smallest absolute Gasteiger partial charge is 0 e. The zero-order valence-electron chi connectivity index (χ0n) is 3.72. The first-order valence-electron chi connectivity index (χ1n) is 1.58. The summed E-state index contributed by atoms with van der Waals surface area (Å²) in [6, 6.07) is 0. The normalized spacial score (nSPS) is 7.50. The quantitative estimate of drug-likeness (QED) is 0.312. The molecule has 34 valence electrons. The average molecular weight is 163 g/mol.